The van der Waals surface area contributed by atoms with Gasteiger partial charge in [0.2, 0.25) is 0 Å². The van der Waals surface area contributed by atoms with Crippen LogP contribution in [0, 0.1) is 11.7 Å². The zero-order chi connectivity index (χ0) is 24.7. The quantitative estimate of drug-likeness (QED) is 0.603. The molecule has 178 valence electrons. The highest BCUT2D eigenvalue weighted by atomic mass is 19.1. The zero-order valence-corrected chi connectivity index (χ0v) is 18.6. The summed E-state index contributed by atoms with van der Waals surface area (Å²) in [4.78, 5) is 51.8. The summed E-state index contributed by atoms with van der Waals surface area (Å²) in [6, 6.07) is 14.4. The molecule has 2 unspecified atom stereocenters. The van der Waals surface area contributed by atoms with Gasteiger partial charge >= 0.3 is 5.97 Å². The number of carboxylic acid groups (broad SMARTS) is 1. The van der Waals surface area contributed by atoms with Gasteiger partial charge in [0.05, 0.1) is 5.56 Å². The van der Waals surface area contributed by atoms with Gasteiger partial charge in [0, 0.05) is 42.4 Å². The van der Waals surface area contributed by atoms with E-state index in [-0.39, 0.29) is 40.1 Å². The van der Waals surface area contributed by atoms with Crippen molar-refractivity contribution >= 4 is 23.5 Å². The minimum absolute atomic E-state index is 0.0496. The van der Waals surface area contributed by atoms with E-state index in [2.05, 4.69) is 5.32 Å². The molecule has 5 rings (SSSR count). The smallest absolute Gasteiger partial charge is 0.335 e. The van der Waals surface area contributed by atoms with Crippen molar-refractivity contribution in [2.45, 2.75) is 18.9 Å². The molecule has 1 fully saturated rings. The number of hydrogen-bond acceptors (Lipinski definition) is 4. The number of nitrogens with zero attached hydrogens (tertiary/aromatic N) is 2. The van der Waals surface area contributed by atoms with Crippen molar-refractivity contribution < 1.29 is 23.9 Å². The van der Waals surface area contributed by atoms with Crippen molar-refractivity contribution in [3.8, 4) is 0 Å². The molecule has 0 spiro atoms. The van der Waals surface area contributed by atoms with Crippen LogP contribution < -0.4 is 10.9 Å². The number of fused-ring (bicyclic) bond motifs is 4. The molecule has 8 nitrogen and oxygen atoms in total. The van der Waals surface area contributed by atoms with Crippen LogP contribution in [0.2, 0.25) is 0 Å². The number of rotatable bonds is 4. The van der Waals surface area contributed by atoms with Gasteiger partial charge in [-0.1, -0.05) is 6.07 Å². The second kappa shape index (κ2) is 8.83. The van der Waals surface area contributed by atoms with Gasteiger partial charge in [-0.3, -0.25) is 14.4 Å². The number of carbonyl (C=O) groups excluding carboxylic acids is 2. The van der Waals surface area contributed by atoms with E-state index in [1.807, 2.05) is 0 Å². The van der Waals surface area contributed by atoms with Crippen LogP contribution in [-0.4, -0.2) is 45.4 Å². The minimum Gasteiger partial charge on any atom is -0.478 e. The van der Waals surface area contributed by atoms with Crippen LogP contribution in [-0.2, 0) is 6.54 Å². The lowest BCUT2D eigenvalue weighted by Gasteiger charge is -2.43. The van der Waals surface area contributed by atoms with Crippen molar-refractivity contribution in [3.63, 3.8) is 0 Å². The van der Waals surface area contributed by atoms with E-state index in [4.69, 9.17) is 0 Å². The highest BCUT2D eigenvalue weighted by Crippen LogP contribution is 2.36. The van der Waals surface area contributed by atoms with E-state index >= 15 is 0 Å². The molecule has 2 aromatic carbocycles. The first-order chi connectivity index (χ1) is 16.8. The maximum Gasteiger partial charge on any atom is 0.335 e. The number of aromatic carboxylic acids is 1. The Kier molecular flexibility index (Phi) is 5.68. The van der Waals surface area contributed by atoms with Crippen LogP contribution in [0.1, 0.15) is 49.1 Å². The van der Waals surface area contributed by atoms with Crippen LogP contribution in [0.5, 0.6) is 0 Å². The molecule has 0 aliphatic carbocycles. The van der Waals surface area contributed by atoms with Gasteiger partial charge in [-0.15, -0.1) is 0 Å². The van der Waals surface area contributed by atoms with Crippen LogP contribution in [0.3, 0.4) is 0 Å². The van der Waals surface area contributed by atoms with Crippen LogP contribution in [0.4, 0.5) is 10.1 Å². The van der Waals surface area contributed by atoms with E-state index < -0.39 is 17.7 Å². The molecule has 2 atom stereocenters. The van der Waals surface area contributed by atoms with Crippen LogP contribution >= 0.6 is 0 Å². The summed E-state index contributed by atoms with van der Waals surface area (Å²) >= 11 is 0. The number of nitrogens with one attached hydrogen (secondary N) is 1. The standard InChI is InChI=1S/C26H22FN3O5/c27-20-6-4-16(5-7-20)23(31)28-21-8-9-22-19-10-15(13-30(22)25(21)33)12-29(14-19)24(32)17-2-1-3-18(11-17)26(34)35/h1-9,11,15,19H,10,12-14H2,(H,28,31)(H,34,35). The van der Waals surface area contributed by atoms with Gasteiger partial charge in [-0.2, -0.15) is 0 Å². The highest BCUT2D eigenvalue weighted by Gasteiger charge is 2.37. The molecule has 1 aromatic heterocycles. The van der Waals surface area contributed by atoms with Crippen molar-refractivity contribution in [1.82, 2.24) is 9.47 Å². The number of piperidine rings is 1. The maximum absolute atomic E-state index is 13.2. The SMILES string of the molecule is O=C(O)c1cccc(C(=O)N2CC3CC(C2)c2ccc(NC(=O)c4ccc(F)cc4)c(=O)n2C3)c1. The van der Waals surface area contributed by atoms with Crippen molar-refractivity contribution in [1.29, 1.82) is 0 Å². The number of likely N-dealkylation sites (tertiary alicyclic amines) is 1. The first-order valence-electron chi connectivity index (χ1n) is 11.2. The van der Waals surface area contributed by atoms with Gasteiger partial charge in [0.1, 0.15) is 11.5 Å². The predicted octanol–water partition coefficient (Wildman–Crippen LogP) is 3.20. The third-order valence-electron chi connectivity index (χ3n) is 6.60. The first-order valence-corrected chi connectivity index (χ1v) is 11.2. The molecule has 0 saturated carbocycles. The number of pyridine rings is 1. The number of carbonyl (C=O) groups is 3. The second-order valence-electron chi connectivity index (χ2n) is 8.94. The number of hydrogen-bond donors (Lipinski definition) is 2. The second-order valence-corrected chi connectivity index (χ2v) is 8.94. The monoisotopic (exact) mass is 475 g/mol. The van der Waals surface area contributed by atoms with Crippen LogP contribution in [0.25, 0.3) is 0 Å². The van der Waals surface area contributed by atoms with Gasteiger partial charge < -0.3 is 19.9 Å². The number of carboxylic acids is 1. The largest absolute Gasteiger partial charge is 0.478 e. The van der Waals surface area contributed by atoms with E-state index in [1.54, 1.807) is 33.7 Å². The summed E-state index contributed by atoms with van der Waals surface area (Å²) < 4.78 is 14.8. The van der Waals surface area contributed by atoms with E-state index in [9.17, 15) is 28.7 Å². The Morgan fingerprint density at radius 3 is 2.40 bits per heavy atom. The van der Waals surface area contributed by atoms with Crippen molar-refractivity contribution in [2.75, 3.05) is 18.4 Å². The molecule has 3 aromatic rings. The first kappa shape index (κ1) is 22.5. The Bertz CT molecular complexity index is 1400. The number of benzene rings is 2. The summed E-state index contributed by atoms with van der Waals surface area (Å²) in [5, 5.41) is 11.8. The lowest BCUT2D eigenvalue weighted by Crippen LogP contribution is -2.49. The average molecular weight is 475 g/mol. The third kappa shape index (κ3) is 4.32. The molecular weight excluding hydrogens is 453 g/mol. The van der Waals surface area contributed by atoms with Crippen molar-refractivity contribution in [2.24, 2.45) is 5.92 Å². The number of halogens is 1. The molecule has 1 saturated heterocycles. The molecule has 0 radical (unpaired) electrons. The molecule has 2 amide bonds. The number of anilines is 1. The van der Waals surface area contributed by atoms with Gasteiger partial charge in [-0.25, -0.2) is 9.18 Å². The number of amides is 2. The fraction of sp³-hybridized carbons (Fsp3) is 0.231. The molecule has 35 heavy (non-hydrogen) atoms. The minimum atomic E-state index is -1.09. The Morgan fingerprint density at radius 1 is 0.914 bits per heavy atom. The van der Waals surface area contributed by atoms with E-state index in [0.717, 1.165) is 12.1 Å². The van der Waals surface area contributed by atoms with Gasteiger partial charge in [0.25, 0.3) is 17.4 Å². The average Bonchev–Trinajstić information content (AvgIpc) is 2.86. The summed E-state index contributed by atoms with van der Waals surface area (Å²) in [5.74, 6) is -2.28. The molecule has 2 N–H and O–H groups in total. The summed E-state index contributed by atoms with van der Waals surface area (Å²) in [6.07, 6.45) is 0.833. The maximum atomic E-state index is 13.2. The molecule has 3 heterocycles. The third-order valence-corrected chi connectivity index (χ3v) is 6.60. The Labute approximate surface area is 199 Å². The Balaban J connectivity index is 1.36. The van der Waals surface area contributed by atoms with E-state index in [1.165, 1.54) is 36.4 Å². The molecule has 2 aliphatic heterocycles. The summed E-state index contributed by atoms with van der Waals surface area (Å²) in [6.45, 7) is 1.27. The Hall–Kier alpha value is -4.27. The van der Waals surface area contributed by atoms with Gasteiger partial charge in [0.15, 0.2) is 0 Å². The molecule has 2 aliphatic rings. The highest BCUT2D eigenvalue weighted by molar-refractivity contribution is 6.04. The van der Waals surface area contributed by atoms with Gasteiger partial charge in [-0.05, 0) is 66.9 Å². The summed E-state index contributed by atoms with van der Waals surface area (Å²) in [7, 11) is 0. The fourth-order valence-electron chi connectivity index (χ4n) is 4.97. The normalized spacial score (nSPS) is 18.5. The number of aromatic nitrogens is 1. The van der Waals surface area contributed by atoms with Crippen molar-refractivity contribution in [3.05, 3.63) is 99.2 Å². The lowest BCUT2D eigenvalue weighted by atomic mass is 9.83. The molecule has 9 heteroatoms. The molecular formula is C26H22FN3O5. The Morgan fingerprint density at radius 2 is 1.66 bits per heavy atom. The topological polar surface area (TPSA) is 109 Å². The zero-order valence-electron chi connectivity index (χ0n) is 18.6. The van der Waals surface area contributed by atoms with E-state index in [0.29, 0.717) is 25.2 Å². The fourth-order valence-corrected chi connectivity index (χ4v) is 4.97. The van der Waals surface area contributed by atoms with Crippen LogP contribution in [0.15, 0.2) is 65.5 Å². The predicted molar refractivity (Wildman–Crippen MR) is 125 cm³/mol. The summed E-state index contributed by atoms with van der Waals surface area (Å²) in [5.41, 5.74) is 1.23. The lowest BCUT2D eigenvalue weighted by molar-refractivity contribution is 0.0594. The molecule has 2 bridgehead atoms.